The first kappa shape index (κ1) is 21.6. The summed E-state index contributed by atoms with van der Waals surface area (Å²) < 4.78 is 1.72. The molecule has 1 N–H and O–H groups in total. The number of aromatic nitrogens is 2. The summed E-state index contributed by atoms with van der Waals surface area (Å²) in [4.78, 5) is 24.9. The van der Waals surface area contributed by atoms with Crippen LogP contribution in [-0.2, 0) is 0 Å². The Kier molecular flexibility index (Phi) is 5.40. The average molecular weight is 614 g/mol. The maximum atomic E-state index is 12.1. The molecule has 10 heteroatoms. The van der Waals surface area contributed by atoms with Crippen LogP contribution >= 0.6 is 61.7 Å². The summed E-state index contributed by atoms with van der Waals surface area (Å²) in [5, 5.41) is 11.4. The van der Waals surface area contributed by atoms with Crippen LogP contribution in [0.15, 0.2) is 10.5 Å². The van der Waals surface area contributed by atoms with E-state index in [1.807, 2.05) is 6.07 Å². The van der Waals surface area contributed by atoms with E-state index >= 15 is 0 Å². The predicted molar refractivity (Wildman–Crippen MR) is 127 cm³/mol. The van der Waals surface area contributed by atoms with Crippen LogP contribution in [0.3, 0.4) is 0 Å². The van der Waals surface area contributed by atoms with Crippen molar-refractivity contribution < 1.29 is 9.90 Å². The van der Waals surface area contributed by atoms with Crippen LogP contribution in [-0.4, -0.2) is 50.7 Å². The molecule has 2 aromatic rings. The Labute approximate surface area is 201 Å². The number of hydrogen-bond acceptors (Lipinski definition) is 4. The first-order chi connectivity index (χ1) is 13.5. The first-order valence-electron chi connectivity index (χ1n) is 9.24. The van der Waals surface area contributed by atoms with Gasteiger partial charge in [0.2, 0.25) is 5.28 Å². The number of benzene rings is 1. The van der Waals surface area contributed by atoms with Crippen molar-refractivity contribution in [1.82, 2.24) is 14.9 Å². The number of fused-ring (bicyclic) bond motifs is 3. The van der Waals surface area contributed by atoms with Crippen molar-refractivity contribution in [2.75, 3.05) is 18.0 Å². The third-order valence-corrected chi connectivity index (χ3v) is 9.46. The van der Waals surface area contributed by atoms with Gasteiger partial charge in [-0.15, -0.1) is 0 Å². The molecule has 156 valence electrons. The van der Waals surface area contributed by atoms with Gasteiger partial charge in [-0.05, 0) is 74.4 Å². The largest absolute Gasteiger partial charge is 0.465 e. The number of nitrogens with zero attached hydrogens (tertiary/aromatic N) is 4. The van der Waals surface area contributed by atoms with Gasteiger partial charge in [-0.25, -0.2) is 9.78 Å². The summed E-state index contributed by atoms with van der Waals surface area (Å²) in [5.74, 6) is 0.706. The summed E-state index contributed by atoms with van der Waals surface area (Å²) in [7, 11) is 0. The molecule has 0 aliphatic carbocycles. The van der Waals surface area contributed by atoms with Gasteiger partial charge in [0.05, 0.1) is 26.6 Å². The predicted octanol–water partition coefficient (Wildman–Crippen LogP) is 6.05. The molecular weight excluding hydrogens is 594 g/mol. The molecule has 2 aliphatic rings. The lowest BCUT2D eigenvalue weighted by Crippen LogP contribution is -2.68. The van der Waals surface area contributed by atoms with Gasteiger partial charge >= 0.3 is 6.09 Å². The molecule has 6 nitrogen and oxygen atoms in total. The van der Waals surface area contributed by atoms with E-state index in [0.29, 0.717) is 29.4 Å². The lowest BCUT2D eigenvalue weighted by atomic mass is 9.71. The van der Waals surface area contributed by atoms with Gasteiger partial charge in [-0.1, -0.05) is 32.4 Å². The van der Waals surface area contributed by atoms with Gasteiger partial charge in [0.15, 0.2) is 0 Å². The van der Waals surface area contributed by atoms with Gasteiger partial charge < -0.3 is 10.0 Å². The minimum absolute atomic E-state index is 0.0886. The molecule has 2 unspecified atom stereocenters. The Morgan fingerprint density at radius 1 is 1.38 bits per heavy atom. The molecule has 2 fully saturated rings. The molecular formula is C19H20BrCl2IN4O2. The van der Waals surface area contributed by atoms with Crippen molar-refractivity contribution in [3.8, 4) is 0 Å². The van der Waals surface area contributed by atoms with Crippen molar-refractivity contribution >= 4 is 84.5 Å². The normalized spacial score (nSPS) is 24.4. The second-order valence-electron chi connectivity index (χ2n) is 8.71. The van der Waals surface area contributed by atoms with Crippen LogP contribution in [0.5, 0.6) is 0 Å². The molecule has 1 aromatic carbocycles. The number of piperazine rings is 1. The highest BCUT2D eigenvalue weighted by Crippen LogP contribution is 2.50. The van der Waals surface area contributed by atoms with E-state index in [1.54, 1.807) is 4.90 Å². The summed E-state index contributed by atoms with van der Waals surface area (Å²) in [6.45, 7) is 7.44. The van der Waals surface area contributed by atoms with E-state index in [0.717, 1.165) is 26.3 Å². The molecule has 0 saturated carbocycles. The third kappa shape index (κ3) is 3.29. The first-order valence-corrected chi connectivity index (χ1v) is 11.9. The lowest BCUT2D eigenvalue weighted by Gasteiger charge is -2.54. The Balaban J connectivity index is 1.89. The average Bonchev–Trinajstić information content (AvgIpc) is 2.88. The highest BCUT2D eigenvalue weighted by Gasteiger charge is 2.59. The molecule has 0 radical (unpaired) electrons. The molecule has 2 atom stereocenters. The van der Waals surface area contributed by atoms with E-state index in [-0.39, 0.29) is 16.7 Å². The van der Waals surface area contributed by atoms with E-state index in [2.05, 4.69) is 74.2 Å². The highest BCUT2D eigenvalue weighted by molar-refractivity contribution is 14.1. The van der Waals surface area contributed by atoms with Crippen molar-refractivity contribution in [2.24, 2.45) is 5.41 Å². The lowest BCUT2D eigenvalue weighted by molar-refractivity contribution is 0.00532. The van der Waals surface area contributed by atoms with Crippen LogP contribution < -0.4 is 4.90 Å². The number of halogens is 4. The van der Waals surface area contributed by atoms with Gasteiger partial charge in [-0.2, -0.15) is 4.98 Å². The molecule has 2 saturated heterocycles. The Morgan fingerprint density at radius 2 is 2.07 bits per heavy atom. The molecule has 29 heavy (non-hydrogen) atoms. The van der Waals surface area contributed by atoms with E-state index in [4.69, 9.17) is 23.2 Å². The van der Waals surface area contributed by atoms with Gasteiger partial charge in [0.1, 0.15) is 5.82 Å². The van der Waals surface area contributed by atoms with E-state index in [1.165, 1.54) is 0 Å². The number of hydrogen-bond donors (Lipinski definition) is 1. The smallest absolute Gasteiger partial charge is 0.408 e. The standard InChI is InChI=1S/C19H20BrCl2IN4O2/c1-18(2,3)19-5-4-9(27(19)17(28)29)7-26(8-19)15-10-6-11(23)12(20)13(21)14(10)24-16(22)25-15/h6,9H,4-5,7-8H2,1-3H3,(H,28,29). The zero-order chi connectivity index (χ0) is 21.3. The summed E-state index contributed by atoms with van der Waals surface area (Å²) in [6.07, 6.45) is 0.805. The minimum atomic E-state index is -0.853. The molecule has 2 aliphatic heterocycles. The quantitative estimate of drug-likeness (QED) is 0.241. The SMILES string of the molecule is CC(C)(C)C12CCC(CN(c3nc(Cl)nc4c(Cl)c(Br)c(I)cc34)C1)N2C(=O)O. The molecule has 4 rings (SSSR count). The van der Waals surface area contributed by atoms with Gasteiger partial charge in [0, 0.05) is 22.0 Å². The molecule has 1 aromatic heterocycles. The number of carbonyl (C=O) groups is 1. The number of carboxylic acid groups (broad SMARTS) is 1. The second kappa shape index (κ2) is 7.24. The summed E-state index contributed by atoms with van der Waals surface area (Å²) in [5.41, 5.74) is -0.148. The molecule has 2 bridgehead atoms. The fourth-order valence-electron chi connectivity index (χ4n) is 4.81. The second-order valence-corrected chi connectivity index (χ2v) is 11.4. The Morgan fingerprint density at radius 3 is 2.69 bits per heavy atom. The van der Waals surface area contributed by atoms with Crippen LogP contribution in [0.2, 0.25) is 10.3 Å². The van der Waals surface area contributed by atoms with Crippen molar-refractivity contribution in [3.05, 3.63) is 24.4 Å². The minimum Gasteiger partial charge on any atom is -0.465 e. The maximum absolute atomic E-state index is 12.1. The fraction of sp³-hybridized carbons (Fsp3) is 0.526. The summed E-state index contributed by atoms with van der Waals surface area (Å²) in [6, 6.07) is 1.90. The third-order valence-electron chi connectivity index (χ3n) is 6.28. The van der Waals surface area contributed by atoms with Crippen molar-refractivity contribution in [1.29, 1.82) is 0 Å². The maximum Gasteiger partial charge on any atom is 0.408 e. The topological polar surface area (TPSA) is 69.6 Å². The van der Waals surface area contributed by atoms with E-state index < -0.39 is 11.6 Å². The van der Waals surface area contributed by atoms with E-state index in [9.17, 15) is 9.90 Å². The monoisotopic (exact) mass is 612 g/mol. The van der Waals surface area contributed by atoms with Gasteiger partial charge in [0.25, 0.3) is 0 Å². The summed E-state index contributed by atoms with van der Waals surface area (Å²) >= 11 is 18.5. The fourth-order valence-corrected chi connectivity index (χ4v) is 6.27. The van der Waals surface area contributed by atoms with Crippen molar-refractivity contribution in [3.63, 3.8) is 0 Å². The number of rotatable bonds is 1. The number of anilines is 1. The van der Waals surface area contributed by atoms with Crippen LogP contribution in [0.1, 0.15) is 33.6 Å². The zero-order valence-electron chi connectivity index (χ0n) is 16.1. The Bertz CT molecular complexity index is 1030. The highest BCUT2D eigenvalue weighted by atomic mass is 127. The van der Waals surface area contributed by atoms with Gasteiger partial charge in [-0.3, -0.25) is 4.90 Å². The molecule has 0 spiro atoms. The van der Waals surface area contributed by atoms with Crippen LogP contribution in [0, 0.1) is 8.99 Å². The Hall–Kier alpha value is -0.580. The molecule has 1 amide bonds. The van der Waals surface area contributed by atoms with Crippen LogP contribution in [0.4, 0.5) is 10.6 Å². The van der Waals surface area contributed by atoms with Crippen LogP contribution in [0.25, 0.3) is 10.9 Å². The van der Waals surface area contributed by atoms with Crippen molar-refractivity contribution in [2.45, 2.75) is 45.2 Å². The zero-order valence-corrected chi connectivity index (χ0v) is 21.4. The number of amides is 1. The molecule has 3 heterocycles.